The number of H-pyrrole nitrogens is 1. The van der Waals surface area contributed by atoms with Crippen LogP contribution < -0.4 is 0 Å². The average Bonchev–Trinajstić information content (AvgIpc) is 3.14. The fraction of sp³-hybridized carbons (Fsp3) is 0.294. The van der Waals surface area contributed by atoms with E-state index >= 15 is 0 Å². The summed E-state index contributed by atoms with van der Waals surface area (Å²) in [7, 11) is 0. The van der Waals surface area contributed by atoms with Gasteiger partial charge in [0.1, 0.15) is 17.3 Å². The molecule has 3 aromatic rings. The van der Waals surface area contributed by atoms with Crippen molar-refractivity contribution in [2.75, 3.05) is 6.54 Å². The molecule has 4 rings (SSSR count). The van der Waals surface area contributed by atoms with Crippen molar-refractivity contribution in [1.29, 1.82) is 0 Å². The van der Waals surface area contributed by atoms with Gasteiger partial charge in [0.05, 0.1) is 0 Å². The van der Waals surface area contributed by atoms with Crippen LogP contribution in [0.25, 0.3) is 11.3 Å². The van der Waals surface area contributed by atoms with Crippen molar-refractivity contribution >= 4 is 11.6 Å². The maximum atomic E-state index is 5.97. The fourth-order valence-electron chi connectivity index (χ4n) is 3.03. The lowest BCUT2D eigenvalue weighted by molar-refractivity contribution is 0.226. The molecule has 2 aromatic heterocycles. The Morgan fingerprint density at radius 2 is 2.13 bits per heavy atom. The summed E-state index contributed by atoms with van der Waals surface area (Å²) in [5.74, 6) is 1.94. The summed E-state index contributed by atoms with van der Waals surface area (Å²) >= 11 is 5.97. The van der Waals surface area contributed by atoms with Crippen LogP contribution in [0.15, 0.2) is 35.0 Å². The van der Waals surface area contributed by atoms with Gasteiger partial charge in [-0.15, -0.1) is 0 Å². The summed E-state index contributed by atoms with van der Waals surface area (Å²) in [5, 5.41) is 5.00. The third-order valence-corrected chi connectivity index (χ3v) is 4.43. The normalized spacial score (nSPS) is 14.9. The van der Waals surface area contributed by atoms with Crippen LogP contribution in [0.4, 0.5) is 0 Å². The molecule has 1 aliphatic heterocycles. The molecule has 1 N–H and O–H groups in total. The van der Waals surface area contributed by atoms with E-state index in [4.69, 9.17) is 16.1 Å². The summed E-state index contributed by atoms with van der Waals surface area (Å²) in [6, 6.07) is 7.73. The molecule has 0 spiro atoms. The predicted molar refractivity (Wildman–Crippen MR) is 88.1 cm³/mol. The number of nitrogens with zero attached hydrogens (tertiary/aromatic N) is 3. The Balaban J connectivity index is 1.58. The zero-order valence-electron chi connectivity index (χ0n) is 12.8. The topological polar surface area (TPSA) is 58.0 Å². The zero-order valence-corrected chi connectivity index (χ0v) is 13.6. The van der Waals surface area contributed by atoms with Gasteiger partial charge in [-0.1, -0.05) is 28.9 Å². The average molecular weight is 329 g/mol. The molecular formula is C17H17ClN4O. The van der Waals surface area contributed by atoms with Crippen molar-refractivity contribution in [1.82, 2.24) is 20.0 Å². The highest BCUT2D eigenvalue weighted by atomic mass is 35.5. The third kappa shape index (κ3) is 2.90. The second-order valence-corrected chi connectivity index (χ2v) is 6.33. The Kier molecular flexibility index (Phi) is 3.67. The Morgan fingerprint density at radius 1 is 1.30 bits per heavy atom. The molecule has 3 heterocycles. The minimum absolute atomic E-state index is 0.724. The molecule has 23 heavy (non-hydrogen) atoms. The first-order valence-electron chi connectivity index (χ1n) is 7.65. The quantitative estimate of drug-likeness (QED) is 0.798. The number of halogens is 1. The van der Waals surface area contributed by atoms with Gasteiger partial charge in [-0.05, 0) is 19.1 Å². The fourth-order valence-corrected chi connectivity index (χ4v) is 3.15. The maximum Gasteiger partial charge on any atom is 0.143 e. The zero-order chi connectivity index (χ0) is 15.8. The summed E-state index contributed by atoms with van der Waals surface area (Å²) < 4.78 is 5.54. The van der Waals surface area contributed by atoms with E-state index in [2.05, 4.69) is 20.0 Å². The van der Waals surface area contributed by atoms with Crippen LogP contribution in [0.1, 0.15) is 22.8 Å². The number of imidazole rings is 1. The van der Waals surface area contributed by atoms with Crippen LogP contribution in [0.2, 0.25) is 5.02 Å². The van der Waals surface area contributed by atoms with Crippen molar-refractivity contribution in [3.63, 3.8) is 0 Å². The molecule has 0 saturated carbocycles. The number of fused-ring (bicyclic) bond motifs is 1. The van der Waals surface area contributed by atoms with Gasteiger partial charge < -0.3 is 9.51 Å². The van der Waals surface area contributed by atoms with E-state index in [1.807, 2.05) is 37.4 Å². The maximum absolute atomic E-state index is 5.97. The van der Waals surface area contributed by atoms with E-state index < -0.39 is 0 Å². The lowest BCUT2D eigenvalue weighted by Gasteiger charge is -2.25. The van der Waals surface area contributed by atoms with E-state index in [1.165, 1.54) is 5.56 Å². The van der Waals surface area contributed by atoms with Gasteiger partial charge in [0.25, 0.3) is 0 Å². The smallest absolute Gasteiger partial charge is 0.143 e. The van der Waals surface area contributed by atoms with Crippen molar-refractivity contribution in [2.24, 2.45) is 0 Å². The summed E-state index contributed by atoms with van der Waals surface area (Å²) in [5.41, 5.74) is 4.27. The second-order valence-electron chi connectivity index (χ2n) is 5.89. The van der Waals surface area contributed by atoms with Crippen LogP contribution in [0.3, 0.4) is 0 Å². The SMILES string of the molecule is Cc1ncc(CN2CCc3onc(-c4ccc(Cl)cc4)c3C2)[nH]1. The van der Waals surface area contributed by atoms with Gasteiger partial charge in [0, 0.05) is 54.1 Å². The number of aromatic nitrogens is 3. The number of benzene rings is 1. The lowest BCUT2D eigenvalue weighted by atomic mass is 10.0. The van der Waals surface area contributed by atoms with Gasteiger partial charge in [0.15, 0.2) is 0 Å². The largest absolute Gasteiger partial charge is 0.360 e. The highest BCUT2D eigenvalue weighted by molar-refractivity contribution is 6.30. The van der Waals surface area contributed by atoms with Crippen molar-refractivity contribution < 1.29 is 4.52 Å². The molecule has 0 aliphatic carbocycles. The number of hydrogen-bond donors (Lipinski definition) is 1. The molecular weight excluding hydrogens is 312 g/mol. The minimum Gasteiger partial charge on any atom is -0.360 e. The molecule has 5 nitrogen and oxygen atoms in total. The van der Waals surface area contributed by atoms with Gasteiger partial charge in [-0.3, -0.25) is 4.90 Å². The van der Waals surface area contributed by atoms with Crippen LogP contribution in [0.5, 0.6) is 0 Å². The summed E-state index contributed by atoms with van der Waals surface area (Å²) in [6.07, 6.45) is 2.78. The van der Waals surface area contributed by atoms with Crippen LogP contribution in [-0.4, -0.2) is 26.6 Å². The number of hydrogen-bond acceptors (Lipinski definition) is 4. The van der Waals surface area contributed by atoms with Crippen LogP contribution in [-0.2, 0) is 19.5 Å². The molecule has 0 atom stereocenters. The predicted octanol–water partition coefficient (Wildman–Crippen LogP) is 3.58. The Morgan fingerprint density at radius 3 is 2.87 bits per heavy atom. The molecule has 0 unspecified atom stereocenters. The van der Waals surface area contributed by atoms with E-state index in [0.717, 1.165) is 59.6 Å². The van der Waals surface area contributed by atoms with Crippen molar-refractivity contribution in [3.05, 3.63) is 58.3 Å². The molecule has 0 radical (unpaired) electrons. The first-order chi connectivity index (χ1) is 11.2. The molecule has 0 amide bonds. The second kappa shape index (κ2) is 5.83. The van der Waals surface area contributed by atoms with E-state index in [1.54, 1.807) is 0 Å². The van der Waals surface area contributed by atoms with E-state index in [-0.39, 0.29) is 0 Å². The number of aryl methyl sites for hydroxylation is 1. The first kappa shape index (κ1) is 14.5. The van der Waals surface area contributed by atoms with Crippen molar-refractivity contribution in [2.45, 2.75) is 26.4 Å². The van der Waals surface area contributed by atoms with Gasteiger partial charge >= 0.3 is 0 Å². The van der Waals surface area contributed by atoms with Gasteiger partial charge in [-0.2, -0.15) is 0 Å². The number of rotatable bonds is 3. The van der Waals surface area contributed by atoms with Crippen molar-refractivity contribution in [3.8, 4) is 11.3 Å². The molecule has 0 bridgehead atoms. The number of aromatic amines is 1. The third-order valence-electron chi connectivity index (χ3n) is 4.17. The standard InChI is InChI=1S/C17H17ClN4O/c1-11-19-8-14(20-11)9-22-7-6-16-15(10-22)17(21-23-16)12-2-4-13(18)5-3-12/h2-5,8H,6-7,9-10H2,1H3,(H,19,20). The molecule has 0 saturated heterocycles. The van der Waals surface area contributed by atoms with E-state index in [9.17, 15) is 0 Å². The lowest BCUT2D eigenvalue weighted by Crippen LogP contribution is -2.29. The molecule has 0 fully saturated rings. The summed E-state index contributed by atoms with van der Waals surface area (Å²) in [4.78, 5) is 9.93. The minimum atomic E-state index is 0.724. The van der Waals surface area contributed by atoms with Crippen LogP contribution >= 0.6 is 11.6 Å². The molecule has 6 heteroatoms. The van der Waals surface area contributed by atoms with Gasteiger partial charge in [-0.25, -0.2) is 4.98 Å². The monoisotopic (exact) mass is 328 g/mol. The summed E-state index contributed by atoms with van der Waals surface area (Å²) in [6.45, 7) is 4.61. The molecule has 118 valence electrons. The van der Waals surface area contributed by atoms with Gasteiger partial charge in [0.2, 0.25) is 0 Å². The van der Waals surface area contributed by atoms with Crippen LogP contribution in [0, 0.1) is 6.92 Å². The Hall–Kier alpha value is -2.11. The molecule has 1 aromatic carbocycles. The Labute approximate surface area is 139 Å². The molecule has 1 aliphatic rings. The highest BCUT2D eigenvalue weighted by Crippen LogP contribution is 2.31. The highest BCUT2D eigenvalue weighted by Gasteiger charge is 2.25. The van der Waals surface area contributed by atoms with E-state index in [0.29, 0.717) is 0 Å². The number of nitrogens with one attached hydrogen (secondary N) is 1. The Bertz CT molecular complexity index is 821. The first-order valence-corrected chi connectivity index (χ1v) is 8.03.